The average Bonchev–Trinajstić information content (AvgIpc) is 2.27. The molecule has 1 fully saturated rings. The zero-order valence-electron chi connectivity index (χ0n) is 12.3. The summed E-state index contributed by atoms with van der Waals surface area (Å²) in [5, 5.41) is 2.10. The second-order valence-corrected chi connectivity index (χ2v) is 6.35. The number of ether oxygens (including phenoxy) is 1. The lowest BCUT2D eigenvalue weighted by molar-refractivity contribution is -0.240. The largest absolute Gasteiger partial charge is 0.378 e. The number of rotatable bonds is 2. The van der Waals surface area contributed by atoms with E-state index in [0.29, 0.717) is 0 Å². The van der Waals surface area contributed by atoms with Gasteiger partial charge in [-0.1, -0.05) is 0 Å². The number of hydroxylamine groups is 2. The van der Waals surface area contributed by atoms with Gasteiger partial charge in [-0.25, -0.2) is 0 Å². The Morgan fingerprint density at radius 3 is 2.28 bits per heavy atom. The molecule has 104 valence electrons. The van der Waals surface area contributed by atoms with Gasteiger partial charge in [-0.15, -0.1) is 0 Å². The predicted molar refractivity (Wildman–Crippen MR) is 72.1 cm³/mol. The van der Waals surface area contributed by atoms with E-state index in [1.54, 1.807) is 7.11 Å². The number of morpholine rings is 1. The van der Waals surface area contributed by atoms with Crippen LogP contribution in [0.2, 0.25) is 0 Å². The zero-order valence-corrected chi connectivity index (χ0v) is 12.3. The van der Waals surface area contributed by atoms with E-state index in [9.17, 15) is 0 Å². The molecule has 0 aromatic carbocycles. The van der Waals surface area contributed by atoms with E-state index in [2.05, 4.69) is 43.7 Å². The minimum Gasteiger partial charge on any atom is -0.378 e. The summed E-state index contributed by atoms with van der Waals surface area (Å²) < 4.78 is 5.43. The predicted octanol–water partition coefficient (Wildman–Crippen LogP) is 2.03. The highest BCUT2D eigenvalue weighted by molar-refractivity contribution is 5.19. The molecule has 0 radical (unpaired) electrons. The van der Waals surface area contributed by atoms with E-state index in [1.807, 2.05) is 0 Å². The Balaban J connectivity index is 2.24. The van der Waals surface area contributed by atoms with Gasteiger partial charge >= 0.3 is 0 Å². The smallest absolute Gasteiger partial charge is 0.0642 e. The lowest BCUT2D eigenvalue weighted by Crippen LogP contribution is -2.58. The Labute approximate surface area is 110 Å². The van der Waals surface area contributed by atoms with Crippen molar-refractivity contribution in [1.29, 1.82) is 0 Å². The Hall–Kier alpha value is -0.580. The van der Waals surface area contributed by atoms with Crippen LogP contribution in [0, 0.1) is 0 Å². The van der Waals surface area contributed by atoms with Crippen LogP contribution in [0.4, 0.5) is 0 Å². The van der Waals surface area contributed by atoms with Crippen molar-refractivity contribution in [2.45, 2.75) is 45.2 Å². The van der Waals surface area contributed by atoms with Crippen molar-refractivity contribution in [1.82, 2.24) is 9.96 Å². The molecule has 0 aliphatic carbocycles. The lowest BCUT2D eigenvalue weighted by Gasteiger charge is -2.51. The molecule has 18 heavy (non-hydrogen) atoms. The second-order valence-electron chi connectivity index (χ2n) is 6.35. The molecule has 0 aromatic heterocycles. The summed E-state index contributed by atoms with van der Waals surface area (Å²) in [5.74, 6) is 0. The molecule has 0 unspecified atom stereocenters. The average molecular weight is 254 g/mol. The molecule has 2 heterocycles. The van der Waals surface area contributed by atoms with Crippen molar-refractivity contribution in [3.05, 3.63) is 11.8 Å². The molecule has 1 saturated heterocycles. The molecular weight excluding hydrogens is 228 g/mol. The van der Waals surface area contributed by atoms with Gasteiger partial charge in [-0.05, 0) is 33.8 Å². The molecule has 0 atom stereocenters. The van der Waals surface area contributed by atoms with Gasteiger partial charge in [0, 0.05) is 30.7 Å². The molecule has 0 aromatic rings. The van der Waals surface area contributed by atoms with Crippen LogP contribution in [-0.4, -0.2) is 54.5 Å². The SMILES string of the molecule is CON1C(C)(C)C=C(N2CCOCC2)CC1(C)C. The van der Waals surface area contributed by atoms with Crippen LogP contribution in [0.25, 0.3) is 0 Å². The summed E-state index contributed by atoms with van der Waals surface area (Å²) in [7, 11) is 1.76. The molecular formula is C14H26N2O2. The van der Waals surface area contributed by atoms with Crippen molar-refractivity contribution >= 4 is 0 Å². The summed E-state index contributed by atoms with van der Waals surface area (Å²) in [6, 6.07) is 0. The molecule has 0 amide bonds. The summed E-state index contributed by atoms with van der Waals surface area (Å²) in [6.45, 7) is 12.6. The third-order valence-corrected chi connectivity index (χ3v) is 3.81. The van der Waals surface area contributed by atoms with E-state index in [0.717, 1.165) is 32.7 Å². The fourth-order valence-corrected chi connectivity index (χ4v) is 3.35. The second kappa shape index (κ2) is 4.83. The Morgan fingerprint density at radius 1 is 1.17 bits per heavy atom. The van der Waals surface area contributed by atoms with Crippen LogP contribution in [0.1, 0.15) is 34.1 Å². The molecule has 2 aliphatic rings. The van der Waals surface area contributed by atoms with E-state index in [4.69, 9.17) is 9.57 Å². The molecule has 2 aliphatic heterocycles. The van der Waals surface area contributed by atoms with Gasteiger partial charge in [0.1, 0.15) is 0 Å². The maximum atomic E-state index is 5.60. The first-order valence-corrected chi connectivity index (χ1v) is 6.76. The van der Waals surface area contributed by atoms with E-state index in [-0.39, 0.29) is 11.1 Å². The number of nitrogens with zero attached hydrogens (tertiary/aromatic N) is 2. The Bertz CT molecular complexity index is 331. The van der Waals surface area contributed by atoms with Gasteiger partial charge in [-0.3, -0.25) is 0 Å². The minimum absolute atomic E-state index is 0.0145. The maximum Gasteiger partial charge on any atom is 0.0642 e. The molecule has 0 bridgehead atoms. The summed E-state index contributed by atoms with van der Waals surface area (Å²) in [6.07, 6.45) is 3.36. The van der Waals surface area contributed by atoms with Crippen molar-refractivity contribution in [2.24, 2.45) is 0 Å². The van der Waals surface area contributed by atoms with Gasteiger partial charge in [0.05, 0.1) is 25.9 Å². The lowest BCUT2D eigenvalue weighted by atomic mass is 9.85. The van der Waals surface area contributed by atoms with Gasteiger partial charge in [0.15, 0.2) is 0 Å². The highest BCUT2D eigenvalue weighted by Crippen LogP contribution is 2.38. The van der Waals surface area contributed by atoms with Crippen LogP contribution in [0.15, 0.2) is 11.8 Å². The summed E-state index contributed by atoms with van der Waals surface area (Å²) >= 11 is 0. The first-order chi connectivity index (χ1) is 8.37. The van der Waals surface area contributed by atoms with Crippen LogP contribution < -0.4 is 0 Å². The van der Waals surface area contributed by atoms with Gasteiger partial charge < -0.3 is 14.5 Å². The highest BCUT2D eigenvalue weighted by atomic mass is 16.7. The van der Waals surface area contributed by atoms with Crippen LogP contribution in [0.3, 0.4) is 0 Å². The van der Waals surface area contributed by atoms with Crippen LogP contribution >= 0.6 is 0 Å². The molecule has 4 heteroatoms. The van der Waals surface area contributed by atoms with Crippen molar-refractivity contribution in [3.63, 3.8) is 0 Å². The number of hydrogen-bond acceptors (Lipinski definition) is 4. The molecule has 0 spiro atoms. The maximum absolute atomic E-state index is 5.60. The van der Waals surface area contributed by atoms with Gasteiger partial charge in [0.2, 0.25) is 0 Å². The van der Waals surface area contributed by atoms with E-state index >= 15 is 0 Å². The minimum atomic E-state index is -0.0792. The van der Waals surface area contributed by atoms with E-state index < -0.39 is 0 Å². The van der Waals surface area contributed by atoms with Crippen LogP contribution in [0.5, 0.6) is 0 Å². The standard InChI is InChI=1S/C14H26N2O2/c1-13(2)10-12(15-6-8-18-9-7-15)11-14(3,4)16(13)17-5/h10H,6-9,11H2,1-5H3. The summed E-state index contributed by atoms with van der Waals surface area (Å²) in [4.78, 5) is 8.06. The van der Waals surface area contributed by atoms with Crippen molar-refractivity contribution in [2.75, 3.05) is 33.4 Å². The fraction of sp³-hybridized carbons (Fsp3) is 0.857. The van der Waals surface area contributed by atoms with Gasteiger partial charge in [-0.2, -0.15) is 5.06 Å². The quantitative estimate of drug-likeness (QED) is 0.753. The van der Waals surface area contributed by atoms with Crippen molar-refractivity contribution in [3.8, 4) is 0 Å². The van der Waals surface area contributed by atoms with Crippen LogP contribution in [-0.2, 0) is 9.57 Å². The fourth-order valence-electron chi connectivity index (χ4n) is 3.35. The monoisotopic (exact) mass is 254 g/mol. The normalized spacial score (nSPS) is 28.1. The topological polar surface area (TPSA) is 24.9 Å². The summed E-state index contributed by atoms with van der Waals surface area (Å²) in [5.41, 5.74) is 1.37. The van der Waals surface area contributed by atoms with Gasteiger partial charge in [0.25, 0.3) is 0 Å². The first kappa shape index (κ1) is 13.8. The first-order valence-electron chi connectivity index (χ1n) is 6.76. The number of hydrogen-bond donors (Lipinski definition) is 0. The molecule has 4 nitrogen and oxygen atoms in total. The third kappa shape index (κ3) is 2.56. The zero-order chi connectivity index (χ0) is 13.4. The Morgan fingerprint density at radius 2 is 1.78 bits per heavy atom. The Kier molecular flexibility index (Phi) is 3.72. The van der Waals surface area contributed by atoms with E-state index in [1.165, 1.54) is 5.70 Å². The molecule has 0 N–H and O–H groups in total. The van der Waals surface area contributed by atoms with Crippen molar-refractivity contribution < 1.29 is 9.57 Å². The highest BCUT2D eigenvalue weighted by Gasteiger charge is 2.43. The third-order valence-electron chi connectivity index (χ3n) is 3.81. The molecule has 0 saturated carbocycles. The molecule has 2 rings (SSSR count).